The van der Waals surface area contributed by atoms with Crippen LogP contribution in [0.3, 0.4) is 0 Å². The Labute approximate surface area is 168 Å². The number of nitrogens with zero attached hydrogens (tertiary/aromatic N) is 3. The van der Waals surface area contributed by atoms with E-state index >= 15 is 0 Å². The van der Waals surface area contributed by atoms with Crippen molar-refractivity contribution in [1.82, 2.24) is 4.90 Å². The van der Waals surface area contributed by atoms with E-state index in [1.165, 1.54) is 4.90 Å². The maximum Gasteiger partial charge on any atom is 0.308 e. The lowest BCUT2D eigenvalue weighted by atomic mass is 10.1. The molecule has 1 saturated heterocycles. The lowest BCUT2D eigenvalue weighted by molar-refractivity contribution is -0.123. The van der Waals surface area contributed by atoms with Crippen LogP contribution in [0.4, 0.5) is 5.69 Å². The van der Waals surface area contributed by atoms with Crippen molar-refractivity contribution in [2.75, 3.05) is 18.5 Å². The summed E-state index contributed by atoms with van der Waals surface area (Å²) in [4.78, 5) is 31.9. The van der Waals surface area contributed by atoms with Crippen molar-refractivity contribution in [3.63, 3.8) is 0 Å². The molecule has 0 aliphatic carbocycles. The van der Waals surface area contributed by atoms with Gasteiger partial charge in [-0.25, -0.2) is 4.99 Å². The molecule has 0 radical (unpaired) electrons. The number of aliphatic imine (C=N–C) groups is 1. The maximum atomic E-state index is 12.7. The maximum absolute atomic E-state index is 12.7. The van der Waals surface area contributed by atoms with Crippen LogP contribution in [0.15, 0.2) is 45.1 Å². The van der Waals surface area contributed by atoms with Crippen molar-refractivity contribution in [3.8, 4) is 11.8 Å². The third-order valence-electron chi connectivity index (χ3n) is 4.32. The molecule has 0 aromatic heterocycles. The molecule has 2 rings (SSSR count). The fraction of sp³-hybridized carbons (Fsp3) is 0.286. The van der Waals surface area contributed by atoms with Crippen LogP contribution in [0.25, 0.3) is 0 Å². The molecule has 27 heavy (non-hydrogen) atoms. The molecule has 2 amide bonds. The zero-order valence-electron chi connectivity index (χ0n) is 16.0. The zero-order valence-corrected chi connectivity index (χ0v) is 17.6. The van der Waals surface area contributed by atoms with Crippen molar-refractivity contribution in [3.05, 3.63) is 51.3 Å². The molecule has 0 spiro atoms. The number of allylic oxidation sites excluding steroid dienone is 2. The van der Waals surface area contributed by atoms with E-state index in [-0.39, 0.29) is 5.91 Å². The minimum atomic E-state index is -0.408. The predicted octanol–water partition coefficient (Wildman–Crippen LogP) is 3.75. The van der Waals surface area contributed by atoms with E-state index in [4.69, 9.17) is 0 Å². The fourth-order valence-electron chi connectivity index (χ4n) is 2.78. The summed E-state index contributed by atoms with van der Waals surface area (Å²) in [6.07, 6.45) is 4.01. The molecule has 6 heteroatoms. The van der Waals surface area contributed by atoms with Crippen LogP contribution in [-0.4, -0.2) is 37.0 Å². The number of aryl methyl sites for hydroxylation is 2. The molecule has 1 aromatic rings. The van der Waals surface area contributed by atoms with Crippen LogP contribution in [0.1, 0.15) is 24.5 Å². The molecule has 0 atom stereocenters. The molecule has 0 saturated carbocycles. The molecule has 1 aliphatic rings. The number of likely N-dealkylation sites (N-methyl/N-ethyl adjacent to an activating group) is 1. The van der Waals surface area contributed by atoms with Gasteiger partial charge >= 0.3 is 5.91 Å². The van der Waals surface area contributed by atoms with Gasteiger partial charge in [-0.15, -0.1) is 0 Å². The monoisotopic (exact) mass is 427 g/mol. The summed E-state index contributed by atoms with van der Waals surface area (Å²) in [6, 6.07) is 3.84. The molecule has 1 aromatic carbocycles. The minimum absolute atomic E-state index is 0.0171. The van der Waals surface area contributed by atoms with Crippen molar-refractivity contribution >= 4 is 40.1 Å². The molecule has 1 heterocycles. The number of rotatable bonds is 4. The summed E-state index contributed by atoms with van der Waals surface area (Å²) in [7, 11) is 1.76. The quantitative estimate of drug-likeness (QED) is 0.417. The summed E-state index contributed by atoms with van der Waals surface area (Å²) < 4.78 is 0.955. The standard InChI is InChI=1S/C21H22BrN3O2/c1-6-7-20(26)25(18-13-14(2)17(22)12-15(18)3)19(23-4)9-8-16-10-11-24(5)21(16)27/h8-9,12-13H,4,10-11H2,1-3,5H3/b16-8+,19-9+. The summed E-state index contributed by atoms with van der Waals surface area (Å²) in [6.45, 7) is 9.75. The molecule has 0 N–H and O–H groups in total. The number of anilines is 1. The molecule has 5 nitrogen and oxygen atoms in total. The molecule has 1 aliphatic heterocycles. The molecular formula is C21H22BrN3O2. The van der Waals surface area contributed by atoms with E-state index in [0.717, 1.165) is 15.6 Å². The third-order valence-corrected chi connectivity index (χ3v) is 5.17. The Balaban J connectivity index is 2.57. The average Bonchev–Trinajstić information content (AvgIpc) is 2.94. The van der Waals surface area contributed by atoms with Crippen LogP contribution in [0.5, 0.6) is 0 Å². The van der Waals surface area contributed by atoms with Gasteiger partial charge in [0.1, 0.15) is 5.82 Å². The Morgan fingerprint density at radius 2 is 2.07 bits per heavy atom. The number of amides is 2. The first-order chi connectivity index (χ1) is 12.8. The van der Waals surface area contributed by atoms with E-state index in [1.54, 1.807) is 31.0 Å². The zero-order chi connectivity index (χ0) is 20.1. The fourth-order valence-corrected chi connectivity index (χ4v) is 3.23. The second-order valence-electron chi connectivity index (χ2n) is 6.26. The van der Waals surface area contributed by atoms with Crippen LogP contribution in [0, 0.1) is 25.7 Å². The third kappa shape index (κ3) is 4.55. The number of hydrogen-bond donors (Lipinski definition) is 0. The van der Waals surface area contributed by atoms with Crippen LogP contribution < -0.4 is 4.90 Å². The Morgan fingerprint density at radius 3 is 2.63 bits per heavy atom. The van der Waals surface area contributed by atoms with Crippen molar-refractivity contribution in [1.29, 1.82) is 0 Å². The number of halogens is 1. The van der Waals surface area contributed by atoms with Crippen molar-refractivity contribution in [2.45, 2.75) is 27.2 Å². The first kappa shape index (κ1) is 20.7. The highest BCUT2D eigenvalue weighted by Crippen LogP contribution is 2.30. The molecule has 0 bridgehead atoms. The Bertz CT molecular complexity index is 919. The van der Waals surface area contributed by atoms with Crippen molar-refractivity contribution in [2.24, 2.45) is 4.99 Å². The van der Waals surface area contributed by atoms with Crippen LogP contribution >= 0.6 is 15.9 Å². The van der Waals surface area contributed by atoms with E-state index in [0.29, 0.717) is 30.0 Å². The molecule has 140 valence electrons. The van der Waals surface area contributed by atoms with Crippen LogP contribution in [-0.2, 0) is 9.59 Å². The number of carbonyl (C=O) groups excluding carboxylic acids is 2. The minimum Gasteiger partial charge on any atom is -0.342 e. The van der Waals surface area contributed by atoms with Gasteiger partial charge in [0.2, 0.25) is 5.91 Å². The number of benzene rings is 1. The van der Waals surface area contributed by atoms with Gasteiger partial charge < -0.3 is 4.90 Å². The smallest absolute Gasteiger partial charge is 0.308 e. The molecular weight excluding hydrogens is 406 g/mol. The Morgan fingerprint density at radius 1 is 1.37 bits per heavy atom. The van der Waals surface area contributed by atoms with E-state index < -0.39 is 5.91 Å². The second-order valence-corrected chi connectivity index (χ2v) is 7.11. The van der Waals surface area contributed by atoms with Gasteiger partial charge in [0.15, 0.2) is 0 Å². The lowest BCUT2D eigenvalue weighted by Crippen LogP contribution is -2.29. The first-order valence-electron chi connectivity index (χ1n) is 8.46. The number of carbonyl (C=O) groups is 2. The molecule has 0 unspecified atom stereocenters. The Hall–Kier alpha value is -2.65. The van der Waals surface area contributed by atoms with E-state index in [9.17, 15) is 9.59 Å². The summed E-state index contributed by atoms with van der Waals surface area (Å²) in [5.74, 6) is 5.10. The summed E-state index contributed by atoms with van der Waals surface area (Å²) >= 11 is 3.51. The summed E-state index contributed by atoms with van der Waals surface area (Å²) in [5.41, 5.74) is 3.22. The van der Waals surface area contributed by atoms with Gasteiger partial charge in [0.25, 0.3) is 0 Å². The van der Waals surface area contributed by atoms with Crippen LogP contribution in [0.2, 0.25) is 0 Å². The number of hydrogen-bond acceptors (Lipinski definition) is 3. The highest BCUT2D eigenvalue weighted by atomic mass is 79.9. The predicted molar refractivity (Wildman–Crippen MR) is 113 cm³/mol. The largest absolute Gasteiger partial charge is 0.342 e. The average molecular weight is 428 g/mol. The summed E-state index contributed by atoms with van der Waals surface area (Å²) in [5, 5.41) is 0. The number of likely N-dealkylation sites (tertiary alicyclic amines) is 1. The van der Waals surface area contributed by atoms with Gasteiger partial charge in [-0.1, -0.05) is 21.9 Å². The van der Waals surface area contributed by atoms with Gasteiger partial charge in [-0.05, 0) is 75.2 Å². The van der Waals surface area contributed by atoms with Gasteiger partial charge in [0.05, 0.1) is 5.69 Å². The highest BCUT2D eigenvalue weighted by molar-refractivity contribution is 9.10. The highest BCUT2D eigenvalue weighted by Gasteiger charge is 2.23. The normalized spacial score (nSPS) is 15.6. The second kappa shape index (κ2) is 8.83. The topological polar surface area (TPSA) is 53.0 Å². The lowest BCUT2D eigenvalue weighted by Gasteiger charge is -2.23. The van der Waals surface area contributed by atoms with E-state index in [1.807, 2.05) is 26.0 Å². The first-order valence-corrected chi connectivity index (χ1v) is 9.26. The van der Waals surface area contributed by atoms with Gasteiger partial charge in [-0.3, -0.25) is 14.5 Å². The van der Waals surface area contributed by atoms with Crippen molar-refractivity contribution < 1.29 is 9.59 Å². The van der Waals surface area contributed by atoms with E-state index in [2.05, 4.69) is 39.5 Å². The van der Waals surface area contributed by atoms with Gasteiger partial charge in [0, 0.05) is 23.6 Å². The SMILES string of the molecule is C=N/C(=C\C=C1/CCN(C)C1=O)N(C(=O)C#CC)c1cc(C)c(Br)cc1C. The Kier molecular flexibility index (Phi) is 6.75. The van der Waals surface area contributed by atoms with Gasteiger partial charge in [-0.2, -0.15) is 0 Å². The molecule has 1 fully saturated rings.